The van der Waals surface area contributed by atoms with Crippen LogP contribution in [0.25, 0.3) is 0 Å². The molecule has 5 heteroatoms. The molecule has 0 saturated heterocycles. The van der Waals surface area contributed by atoms with Crippen LogP contribution >= 0.6 is 15.9 Å². The van der Waals surface area contributed by atoms with Crippen LogP contribution in [0.2, 0.25) is 0 Å². The number of rotatable bonds is 1. The molecule has 0 unspecified atom stereocenters. The number of pyridine rings is 1. The molecule has 0 amide bonds. The Labute approximate surface area is 65.2 Å². The minimum absolute atomic E-state index is 0.0365. The lowest BCUT2D eigenvalue weighted by Crippen LogP contribution is -1.87. The number of nitro groups is 1. The molecule has 0 aliphatic heterocycles. The number of hydrogen-bond donors (Lipinski definition) is 0. The Morgan fingerprint density at radius 2 is 2.50 bits per heavy atom. The molecular weight excluding hydrogens is 200 g/mol. The second kappa shape index (κ2) is 2.74. The Hall–Kier alpha value is -0.970. The first-order chi connectivity index (χ1) is 4.70. The Bertz CT molecular complexity index is 264. The van der Waals surface area contributed by atoms with Gasteiger partial charge in [-0.05, 0) is 15.9 Å². The van der Waals surface area contributed by atoms with Crippen LogP contribution in [0, 0.1) is 16.3 Å². The average molecular weight is 202 g/mol. The first-order valence-electron chi connectivity index (χ1n) is 2.38. The van der Waals surface area contributed by atoms with Gasteiger partial charge in [-0.25, -0.2) is 4.98 Å². The van der Waals surface area contributed by atoms with E-state index in [1.807, 2.05) is 0 Å². The van der Waals surface area contributed by atoms with Crippen LogP contribution in [-0.4, -0.2) is 9.91 Å². The Morgan fingerprint density at radius 1 is 1.80 bits per heavy atom. The van der Waals surface area contributed by atoms with Gasteiger partial charge >= 0.3 is 0 Å². The maximum Gasteiger partial charge on any atom is 0.288 e. The van der Waals surface area contributed by atoms with Gasteiger partial charge in [0.1, 0.15) is 12.4 Å². The summed E-state index contributed by atoms with van der Waals surface area (Å²) in [6.07, 6.45) is 3.63. The third-order valence-electron chi connectivity index (χ3n) is 0.854. The first-order valence-corrected chi connectivity index (χ1v) is 3.17. The van der Waals surface area contributed by atoms with Crippen molar-refractivity contribution >= 4 is 21.6 Å². The van der Waals surface area contributed by atoms with E-state index < -0.39 is 4.92 Å². The van der Waals surface area contributed by atoms with Gasteiger partial charge < -0.3 is 0 Å². The quantitative estimate of drug-likeness (QED) is 0.512. The Balaban J connectivity index is 3.07. The zero-order valence-electron chi connectivity index (χ0n) is 4.74. The van der Waals surface area contributed by atoms with E-state index in [1.165, 1.54) is 6.07 Å². The van der Waals surface area contributed by atoms with Gasteiger partial charge in [0, 0.05) is 6.07 Å². The fourth-order valence-corrected chi connectivity index (χ4v) is 0.796. The molecule has 0 aromatic carbocycles. The van der Waals surface area contributed by atoms with Crippen molar-refractivity contribution in [3.05, 3.63) is 33.0 Å². The van der Waals surface area contributed by atoms with Gasteiger partial charge in [-0.1, -0.05) is 0 Å². The van der Waals surface area contributed by atoms with Crippen molar-refractivity contribution in [2.75, 3.05) is 0 Å². The summed E-state index contributed by atoms with van der Waals surface area (Å²) >= 11 is 3.01. The predicted molar refractivity (Wildman–Crippen MR) is 37.4 cm³/mol. The van der Waals surface area contributed by atoms with Crippen LogP contribution in [0.5, 0.6) is 0 Å². The fraction of sp³-hybridized carbons (Fsp3) is 0. The summed E-state index contributed by atoms with van der Waals surface area (Å²) in [7, 11) is 0. The normalized spacial score (nSPS) is 9.30. The van der Waals surface area contributed by atoms with Gasteiger partial charge in [-0.15, -0.1) is 0 Å². The van der Waals surface area contributed by atoms with Gasteiger partial charge in [0.05, 0.1) is 9.40 Å². The van der Waals surface area contributed by atoms with Gasteiger partial charge in [-0.3, -0.25) is 10.1 Å². The molecule has 0 atom stereocenters. The molecule has 0 fully saturated rings. The molecular formula is C5H2BrN2O2. The van der Waals surface area contributed by atoms with Gasteiger partial charge in [-0.2, -0.15) is 0 Å². The summed E-state index contributed by atoms with van der Waals surface area (Å²) in [6.45, 7) is 0. The van der Waals surface area contributed by atoms with Crippen molar-refractivity contribution < 1.29 is 4.92 Å². The van der Waals surface area contributed by atoms with Crippen LogP contribution in [-0.2, 0) is 0 Å². The van der Waals surface area contributed by atoms with Crippen molar-refractivity contribution in [3.63, 3.8) is 0 Å². The number of hydrogen-bond acceptors (Lipinski definition) is 3. The molecule has 0 N–H and O–H groups in total. The molecule has 1 aromatic heterocycles. The number of aromatic nitrogens is 1. The van der Waals surface area contributed by atoms with Gasteiger partial charge in [0.15, 0.2) is 0 Å². The maximum absolute atomic E-state index is 10.1. The lowest BCUT2D eigenvalue weighted by Gasteiger charge is -1.88. The van der Waals surface area contributed by atoms with Crippen LogP contribution < -0.4 is 0 Å². The second-order valence-electron chi connectivity index (χ2n) is 1.54. The van der Waals surface area contributed by atoms with Crippen molar-refractivity contribution in [1.29, 1.82) is 0 Å². The summed E-state index contributed by atoms with van der Waals surface area (Å²) < 4.78 is 0.488. The number of nitrogens with zero attached hydrogens (tertiary/aromatic N) is 2. The summed E-state index contributed by atoms with van der Waals surface area (Å²) in [5, 5.41) is 10.1. The topological polar surface area (TPSA) is 56.0 Å². The predicted octanol–water partition coefficient (Wildman–Crippen LogP) is 1.55. The van der Waals surface area contributed by atoms with Crippen LogP contribution in [0.1, 0.15) is 0 Å². The highest BCUT2D eigenvalue weighted by atomic mass is 79.9. The summed E-state index contributed by atoms with van der Waals surface area (Å²) in [6, 6.07) is 1.34. The Kier molecular flexibility index (Phi) is 1.96. The van der Waals surface area contributed by atoms with E-state index in [2.05, 4.69) is 27.1 Å². The third-order valence-corrected chi connectivity index (χ3v) is 1.26. The summed E-state index contributed by atoms with van der Waals surface area (Å²) in [4.78, 5) is 13.1. The fourth-order valence-electron chi connectivity index (χ4n) is 0.459. The molecule has 0 bridgehead atoms. The minimum Gasteiger partial charge on any atom is -0.258 e. The Morgan fingerprint density at radius 3 is 2.90 bits per heavy atom. The highest BCUT2D eigenvalue weighted by molar-refractivity contribution is 9.10. The second-order valence-corrected chi connectivity index (χ2v) is 2.40. The van der Waals surface area contributed by atoms with E-state index >= 15 is 0 Å². The molecule has 10 heavy (non-hydrogen) atoms. The zero-order chi connectivity index (χ0) is 7.56. The van der Waals surface area contributed by atoms with Crippen molar-refractivity contribution in [3.8, 4) is 0 Å². The van der Waals surface area contributed by atoms with Gasteiger partial charge in [0.2, 0.25) is 0 Å². The van der Waals surface area contributed by atoms with E-state index in [-0.39, 0.29) is 5.69 Å². The zero-order valence-corrected chi connectivity index (χ0v) is 6.33. The molecule has 51 valence electrons. The molecule has 1 aromatic rings. The van der Waals surface area contributed by atoms with Crippen LogP contribution in [0.4, 0.5) is 5.69 Å². The standard InChI is InChI=1S/C5H2BrN2O2/c6-4-1-5(8(9)10)3-7-2-4/h1,3H. The molecule has 1 radical (unpaired) electrons. The van der Waals surface area contributed by atoms with Crippen molar-refractivity contribution in [1.82, 2.24) is 4.98 Å². The summed E-state index contributed by atoms with van der Waals surface area (Å²) in [5.41, 5.74) is -0.0365. The van der Waals surface area contributed by atoms with Crippen molar-refractivity contribution in [2.24, 2.45) is 0 Å². The first kappa shape index (κ1) is 7.14. The molecule has 0 saturated carbocycles. The number of halogens is 1. The third kappa shape index (κ3) is 1.51. The largest absolute Gasteiger partial charge is 0.288 e. The van der Waals surface area contributed by atoms with E-state index in [0.29, 0.717) is 4.47 Å². The molecule has 0 aliphatic rings. The van der Waals surface area contributed by atoms with Gasteiger partial charge in [0.25, 0.3) is 5.69 Å². The molecule has 1 heterocycles. The van der Waals surface area contributed by atoms with Crippen LogP contribution in [0.15, 0.2) is 16.7 Å². The molecule has 0 spiro atoms. The van der Waals surface area contributed by atoms with E-state index in [0.717, 1.165) is 6.20 Å². The summed E-state index contributed by atoms with van der Waals surface area (Å²) in [5.74, 6) is 0. The smallest absolute Gasteiger partial charge is 0.258 e. The van der Waals surface area contributed by atoms with E-state index in [9.17, 15) is 10.1 Å². The van der Waals surface area contributed by atoms with E-state index in [4.69, 9.17) is 0 Å². The molecule has 4 nitrogen and oxygen atoms in total. The molecule has 1 rings (SSSR count). The lowest BCUT2D eigenvalue weighted by molar-refractivity contribution is -0.385. The highest BCUT2D eigenvalue weighted by Gasteiger charge is 2.04. The SMILES string of the molecule is O=[N+]([O-])c1cn[c]c(Br)c1. The highest BCUT2D eigenvalue weighted by Crippen LogP contribution is 2.14. The maximum atomic E-state index is 10.1. The average Bonchev–Trinajstić information content (AvgIpc) is 1.88. The minimum atomic E-state index is -0.508. The monoisotopic (exact) mass is 201 g/mol. The lowest BCUT2D eigenvalue weighted by atomic mass is 10.4. The molecule has 0 aliphatic carbocycles. The van der Waals surface area contributed by atoms with E-state index in [1.54, 1.807) is 0 Å². The van der Waals surface area contributed by atoms with Crippen molar-refractivity contribution in [2.45, 2.75) is 0 Å². The van der Waals surface area contributed by atoms with Crippen LogP contribution in [0.3, 0.4) is 0 Å².